The van der Waals surface area contributed by atoms with Crippen molar-refractivity contribution < 1.29 is 17.5 Å². The Bertz CT molecular complexity index is 238. The number of halogens is 1. The topological polar surface area (TPSA) is 57.2 Å². The zero-order chi connectivity index (χ0) is 10.5. The lowest BCUT2D eigenvalue weighted by atomic mass is 10.4. The molecule has 0 aliphatic carbocycles. The Hall–Kier alpha value is 0.160. The molecule has 0 amide bonds. The largest absolute Gasteiger partial charge is 0.748 e. The van der Waals surface area contributed by atoms with Crippen LogP contribution >= 0.6 is 11.6 Å². The Morgan fingerprint density at radius 1 is 1.31 bits per heavy atom. The molecule has 6 heteroatoms. The second-order valence-electron chi connectivity index (χ2n) is 3.69. The van der Waals surface area contributed by atoms with Crippen LogP contribution in [0, 0.1) is 0 Å². The van der Waals surface area contributed by atoms with Crippen molar-refractivity contribution in [1.82, 2.24) is 0 Å². The maximum atomic E-state index is 10.3. The predicted octanol–water partition coefficient (Wildman–Crippen LogP) is 0.237. The Morgan fingerprint density at radius 3 is 2.23 bits per heavy atom. The highest BCUT2D eigenvalue weighted by Gasteiger charge is 2.13. The molecule has 0 aliphatic rings. The summed E-state index contributed by atoms with van der Waals surface area (Å²) in [5.41, 5.74) is 0. The van der Waals surface area contributed by atoms with Gasteiger partial charge in [-0.3, -0.25) is 0 Å². The van der Waals surface area contributed by atoms with Gasteiger partial charge in [-0.25, -0.2) is 8.42 Å². The first-order valence-corrected chi connectivity index (χ1v) is 6.19. The molecular formula is C7H16ClNO3S. The quantitative estimate of drug-likeness (QED) is 0.372. The molecule has 0 fully saturated rings. The van der Waals surface area contributed by atoms with Crippen LogP contribution in [0.25, 0.3) is 0 Å². The minimum Gasteiger partial charge on any atom is -0.748 e. The smallest absolute Gasteiger partial charge is 0.0948 e. The number of rotatable bonds is 6. The van der Waals surface area contributed by atoms with Crippen LogP contribution in [0.4, 0.5) is 0 Å². The Balaban J connectivity index is 3.76. The van der Waals surface area contributed by atoms with Gasteiger partial charge in [0.25, 0.3) is 0 Å². The number of nitrogens with zero attached hydrogens (tertiary/aromatic N) is 1. The molecule has 0 bridgehead atoms. The number of alkyl halides is 1. The number of hydrogen-bond acceptors (Lipinski definition) is 3. The molecule has 0 aromatic heterocycles. The summed E-state index contributed by atoms with van der Waals surface area (Å²) in [4.78, 5) is 0. The van der Waals surface area contributed by atoms with Gasteiger partial charge in [0.1, 0.15) is 0 Å². The van der Waals surface area contributed by atoms with E-state index in [1.807, 2.05) is 14.1 Å². The summed E-state index contributed by atoms with van der Waals surface area (Å²) < 4.78 is 31.5. The minimum atomic E-state index is -4.05. The molecule has 4 nitrogen and oxygen atoms in total. The van der Waals surface area contributed by atoms with Crippen molar-refractivity contribution in [3.63, 3.8) is 0 Å². The van der Waals surface area contributed by atoms with Gasteiger partial charge in [-0.1, -0.05) is 0 Å². The standard InChI is InChI=1S/C7H16ClNO3S/c1-9(2,6-4-8)5-3-7-13(10,11)12/h3-7H2,1-2H3. The summed E-state index contributed by atoms with van der Waals surface area (Å²) in [5.74, 6) is 0.258. The summed E-state index contributed by atoms with van der Waals surface area (Å²) in [6, 6.07) is 0. The lowest BCUT2D eigenvalue weighted by molar-refractivity contribution is -0.887. The third-order valence-electron chi connectivity index (χ3n) is 1.85. The molecule has 0 spiro atoms. The van der Waals surface area contributed by atoms with E-state index in [1.54, 1.807) is 0 Å². The molecule has 0 saturated heterocycles. The fraction of sp³-hybridized carbons (Fsp3) is 1.00. The molecule has 13 heavy (non-hydrogen) atoms. The predicted molar refractivity (Wildman–Crippen MR) is 51.7 cm³/mol. The van der Waals surface area contributed by atoms with E-state index in [4.69, 9.17) is 11.6 Å². The molecule has 0 N–H and O–H groups in total. The summed E-state index contributed by atoms with van der Waals surface area (Å²) in [6.07, 6.45) is 0.399. The van der Waals surface area contributed by atoms with E-state index < -0.39 is 10.1 Å². The van der Waals surface area contributed by atoms with Gasteiger partial charge in [0.2, 0.25) is 0 Å². The zero-order valence-corrected chi connectivity index (χ0v) is 9.57. The van der Waals surface area contributed by atoms with Crippen molar-refractivity contribution in [3.05, 3.63) is 0 Å². The van der Waals surface area contributed by atoms with Crippen molar-refractivity contribution in [2.45, 2.75) is 6.42 Å². The highest BCUT2D eigenvalue weighted by molar-refractivity contribution is 7.85. The summed E-state index contributed by atoms with van der Waals surface area (Å²) >= 11 is 5.56. The molecule has 0 aliphatic heterocycles. The van der Waals surface area contributed by atoms with Gasteiger partial charge in [-0.05, 0) is 0 Å². The van der Waals surface area contributed by atoms with Crippen molar-refractivity contribution in [3.8, 4) is 0 Å². The maximum absolute atomic E-state index is 10.3. The van der Waals surface area contributed by atoms with E-state index in [0.29, 0.717) is 23.3 Å². The highest BCUT2D eigenvalue weighted by Crippen LogP contribution is 2.01. The summed E-state index contributed by atoms with van der Waals surface area (Å²) in [7, 11) is -0.138. The van der Waals surface area contributed by atoms with Gasteiger partial charge >= 0.3 is 0 Å². The SMILES string of the molecule is C[N+](C)(CCCl)CCCS(=O)(=O)[O-]. The van der Waals surface area contributed by atoms with Crippen LogP contribution in [0.5, 0.6) is 0 Å². The second kappa shape index (κ2) is 5.14. The zero-order valence-electron chi connectivity index (χ0n) is 7.99. The van der Waals surface area contributed by atoms with Crippen molar-refractivity contribution in [2.24, 2.45) is 0 Å². The third-order valence-corrected chi connectivity index (χ3v) is 2.81. The number of hydrogen-bond donors (Lipinski definition) is 0. The summed E-state index contributed by atoms with van der Waals surface area (Å²) in [5, 5.41) is 0. The molecule has 0 heterocycles. The van der Waals surface area contributed by atoms with Crippen LogP contribution in [0.1, 0.15) is 6.42 Å². The Labute approximate surface area is 84.8 Å². The third kappa shape index (κ3) is 8.49. The molecule has 0 atom stereocenters. The van der Waals surface area contributed by atoms with Crippen LogP contribution < -0.4 is 0 Å². The van der Waals surface area contributed by atoms with Crippen molar-refractivity contribution in [1.29, 1.82) is 0 Å². The van der Waals surface area contributed by atoms with Gasteiger partial charge in [-0.15, -0.1) is 11.6 Å². The molecule has 0 unspecified atom stereocenters. The van der Waals surface area contributed by atoms with Gasteiger partial charge in [-0.2, -0.15) is 0 Å². The van der Waals surface area contributed by atoms with Gasteiger partial charge in [0, 0.05) is 12.2 Å². The van der Waals surface area contributed by atoms with E-state index in [1.165, 1.54) is 0 Å². The first-order valence-electron chi connectivity index (χ1n) is 4.08. The molecule has 0 aromatic carbocycles. The average molecular weight is 230 g/mol. The molecular weight excluding hydrogens is 214 g/mol. The molecule has 0 rings (SSSR count). The van der Waals surface area contributed by atoms with Crippen LogP contribution in [0.15, 0.2) is 0 Å². The molecule has 0 radical (unpaired) electrons. The van der Waals surface area contributed by atoms with Crippen molar-refractivity contribution >= 4 is 21.7 Å². The first-order chi connectivity index (χ1) is 5.77. The molecule has 0 aromatic rings. The summed E-state index contributed by atoms with van der Waals surface area (Å²) in [6.45, 7) is 1.44. The van der Waals surface area contributed by atoms with E-state index in [2.05, 4.69) is 0 Å². The minimum absolute atomic E-state index is 0.281. The monoisotopic (exact) mass is 229 g/mol. The van der Waals surface area contributed by atoms with Gasteiger partial charge < -0.3 is 9.04 Å². The lowest BCUT2D eigenvalue weighted by Crippen LogP contribution is -2.42. The van der Waals surface area contributed by atoms with E-state index >= 15 is 0 Å². The normalized spacial score (nSPS) is 13.2. The van der Waals surface area contributed by atoms with E-state index in [-0.39, 0.29) is 5.75 Å². The Morgan fingerprint density at radius 2 is 1.85 bits per heavy atom. The highest BCUT2D eigenvalue weighted by atomic mass is 35.5. The van der Waals surface area contributed by atoms with Crippen LogP contribution in [-0.2, 0) is 10.1 Å². The molecule has 80 valence electrons. The fourth-order valence-electron chi connectivity index (χ4n) is 1.01. The molecule has 0 saturated carbocycles. The van der Waals surface area contributed by atoms with Crippen LogP contribution in [0.3, 0.4) is 0 Å². The Kier molecular flexibility index (Phi) is 5.21. The second-order valence-corrected chi connectivity index (χ2v) is 5.59. The van der Waals surface area contributed by atoms with Crippen LogP contribution in [-0.4, -0.2) is 56.3 Å². The van der Waals surface area contributed by atoms with Crippen LogP contribution in [0.2, 0.25) is 0 Å². The maximum Gasteiger partial charge on any atom is 0.0948 e. The van der Waals surface area contributed by atoms with E-state index in [9.17, 15) is 13.0 Å². The van der Waals surface area contributed by atoms with Gasteiger partial charge in [0.05, 0.1) is 43.2 Å². The van der Waals surface area contributed by atoms with E-state index in [0.717, 1.165) is 6.54 Å². The van der Waals surface area contributed by atoms with Crippen molar-refractivity contribution in [2.75, 3.05) is 38.8 Å². The first kappa shape index (κ1) is 13.2. The lowest BCUT2D eigenvalue weighted by Gasteiger charge is -2.29. The fourth-order valence-corrected chi connectivity index (χ4v) is 1.95. The van der Waals surface area contributed by atoms with Gasteiger partial charge in [0.15, 0.2) is 0 Å². The average Bonchev–Trinajstić information content (AvgIpc) is 1.82. The number of quaternary nitrogens is 1.